The predicted octanol–water partition coefficient (Wildman–Crippen LogP) is 2.75. The van der Waals surface area contributed by atoms with Crippen molar-refractivity contribution in [1.82, 2.24) is 5.32 Å². The van der Waals surface area contributed by atoms with Gasteiger partial charge in [0, 0.05) is 18.8 Å². The summed E-state index contributed by atoms with van der Waals surface area (Å²) in [5, 5.41) is 13.7. The van der Waals surface area contributed by atoms with Crippen LogP contribution in [0.3, 0.4) is 0 Å². The fourth-order valence-corrected chi connectivity index (χ4v) is 2.91. The van der Waals surface area contributed by atoms with Crippen LogP contribution in [0, 0.1) is 0 Å². The van der Waals surface area contributed by atoms with Gasteiger partial charge in [-0.25, -0.2) is 4.99 Å². The van der Waals surface area contributed by atoms with E-state index in [0.29, 0.717) is 6.54 Å². The summed E-state index contributed by atoms with van der Waals surface area (Å²) in [6.07, 6.45) is 0.449. The zero-order chi connectivity index (χ0) is 16.1. The van der Waals surface area contributed by atoms with Gasteiger partial charge >= 0.3 is 0 Å². The lowest BCUT2D eigenvalue weighted by molar-refractivity contribution is 0.187. The molecule has 2 N–H and O–H groups in total. The summed E-state index contributed by atoms with van der Waals surface area (Å²) in [5.41, 5.74) is 3.46. The van der Waals surface area contributed by atoms with Gasteiger partial charge in [0.2, 0.25) is 0 Å². The number of nitrogens with zero attached hydrogens (tertiary/aromatic N) is 2. The van der Waals surface area contributed by atoms with Crippen molar-refractivity contribution in [3.63, 3.8) is 0 Å². The average molecular weight is 309 g/mol. The van der Waals surface area contributed by atoms with Gasteiger partial charge in [-0.05, 0) is 30.5 Å². The maximum absolute atomic E-state index is 10.3. The van der Waals surface area contributed by atoms with E-state index in [1.54, 1.807) is 0 Å². The Bertz CT molecular complexity index is 669. The number of aliphatic hydroxyl groups is 1. The molecule has 2 aromatic carbocycles. The van der Waals surface area contributed by atoms with Gasteiger partial charge in [0.1, 0.15) is 0 Å². The molecule has 1 atom stereocenters. The summed E-state index contributed by atoms with van der Waals surface area (Å²) < 4.78 is 0. The standard InChI is InChI=1S/C19H23N3O/c1-2-20-19(21-14-18(23)16-9-4-3-5-10-16)22-13-12-15-8-6-7-11-17(15)22/h3-11,18,23H,2,12-14H2,1H3,(H,20,21). The van der Waals surface area contributed by atoms with Gasteiger partial charge in [-0.2, -0.15) is 0 Å². The Hall–Kier alpha value is -2.33. The van der Waals surface area contributed by atoms with E-state index in [2.05, 4.69) is 46.4 Å². The molecule has 1 aliphatic heterocycles. The Labute approximate surface area is 137 Å². The molecular weight excluding hydrogens is 286 g/mol. The van der Waals surface area contributed by atoms with Gasteiger partial charge < -0.3 is 15.3 Å². The number of aliphatic hydroxyl groups excluding tert-OH is 1. The SMILES string of the molecule is CCNC(=NCC(O)c1ccccc1)N1CCc2ccccc21. The molecule has 0 saturated carbocycles. The number of hydrogen-bond donors (Lipinski definition) is 2. The number of aliphatic imine (C=N–C) groups is 1. The zero-order valence-electron chi connectivity index (χ0n) is 13.4. The molecule has 1 aliphatic rings. The molecule has 0 aromatic heterocycles. The average Bonchev–Trinajstić information content (AvgIpc) is 3.03. The van der Waals surface area contributed by atoms with Crippen LogP contribution in [0.4, 0.5) is 5.69 Å². The normalized spacial score (nSPS) is 15.4. The Morgan fingerprint density at radius 2 is 1.91 bits per heavy atom. The molecule has 0 saturated heterocycles. The van der Waals surface area contributed by atoms with E-state index in [-0.39, 0.29) is 0 Å². The predicted molar refractivity (Wildman–Crippen MR) is 94.9 cm³/mol. The lowest BCUT2D eigenvalue weighted by atomic mass is 10.1. The van der Waals surface area contributed by atoms with Crippen LogP contribution in [0.15, 0.2) is 59.6 Å². The number of hydrogen-bond acceptors (Lipinski definition) is 2. The molecule has 0 amide bonds. The van der Waals surface area contributed by atoms with E-state index in [4.69, 9.17) is 0 Å². The number of fused-ring (bicyclic) bond motifs is 1. The van der Waals surface area contributed by atoms with Crippen LogP contribution >= 0.6 is 0 Å². The van der Waals surface area contributed by atoms with Crippen LogP contribution in [-0.2, 0) is 6.42 Å². The lowest BCUT2D eigenvalue weighted by Gasteiger charge is -2.22. The first kappa shape index (κ1) is 15.6. The maximum atomic E-state index is 10.3. The van der Waals surface area contributed by atoms with Crippen molar-refractivity contribution in [3.05, 3.63) is 65.7 Å². The van der Waals surface area contributed by atoms with Gasteiger partial charge in [0.15, 0.2) is 5.96 Å². The number of nitrogens with one attached hydrogen (secondary N) is 1. The number of anilines is 1. The summed E-state index contributed by atoms with van der Waals surface area (Å²) >= 11 is 0. The maximum Gasteiger partial charge on any atom is 0.198 e. The van der Waals surface area contributed by atoms with E-state index < -0.39 is 6.10 Å². The largest absolute Gasteiger partial charge is 0.386 e. The van der Waals surface area contributed by atoms with Crippen LogP contribution in [0.25, 0.3) is 0 Å². The van der Waals surface area contributed by atoms with Gasteiger partial charge in [0.25, 0.3) is 0 Å². The molecule has 4 nitrogen and oxygen atoms in total. The van der Waals surface area contributed by atoms with Crippen molar-refractivity contribution in [1.29, 1.82) is 0 Å². The quantitative estimate of drug-likeness (QED) is 0.674. The Balaban J connectivity index is 1.77. The van der Waals surface area contributed by atoms with Crippen LogP contribution in [-0.4, -0.2) is 30.7 Å². The summed E-state index contributed by atoms with van der Waals surface area (Å²) in [7, 11) is 0. The molecule has 0 spiro atoms. The topological polar surface area (TPSA) is 47.9 Å². The minimum Gasteiger partial charge on any atom is -0.386 e. The molecule has 23 heavy (non-hydrogen) atoms. The third-order valence-electron chi connectivity index (χ3n) is 4.08. The van der Waals surface area contributed by atoms with Crippen LogP contribution in [0.5, 0.6) is 0 Å². The fraction of sp³-hybridized carbons (Fsp3) is 0.316. The molecule has 1 heterocycles. The number of rotatable bonds is 4. The molecule has 0 bridgehead atoms. The van der Waals surface area contributed by atoms with Crippen molar-refractivity contribution >= 4 is 11.6 Å². The summed E-state index contributed by atoms with van der Waals surface area (Å²) in [4.78, 5) is 6.86. The van der Waals surface area contributed by atoms with Crippen molar-refractivity contribution in [2.45, 2.75) is 19.4 Å². The number of para-hydroxylation sites is 1. The molecule has 4 heteroatoms. The Kier molecular flexibility index (Phi) is 4.93. The van der Waals surface area contributed by atoms with Gasteiger partial charge in [-0.15, -0.1) is 0 Å². The van der Waals surface area contributed by atoms with Crippen molar-refractivity contribution in [3.8, 4) is 0 Å². The van der Waals surface area contributed by atoms with Crippen LogP contribution < -0.4 is 10.2 Å². The second-order valence-corrected chi connectivity index (χ2v) is 5.65. The Morgan fingerprint density at radius 1 is 1.17 bits per heavy atom. The molecular formula is C19H23N3O. The van der Waals surface area contributed by atoms with Crippen molar-refractivity contribution in [2.75, 3.05) is 24.5 Å². The third-order valence-corrected chi connectivity index (χ3v) is 4.08. The first-order chi connectivity index (χ1) is 11.3. The molecule has 0 aliphatic carbocycles. The zero-order valence-corrected chi connectivity index (χ0v) is 13.4. The monoisotopic (exact) mass is 309 g/mol. The smallest absolute Gasteiger partial charge is 0.198 e. The highest BCUT2D eigenvalue weighted by atomic mass is 16.3. The molecule has 2 aromatic rings. The highest BCUT2D eigenvalue weighted by Crippen LogP contribution is 2.27. The first-order valence-corrected chi connectivity index (χ1v) is 8.16. The minimum atomic E-state index is -0.581. The molecule has 1 unspecified atom stereocenters. The van der Waals surface area contributed by atoms with Crippen molar-refractivity contribution in [2.24, 2.45) is 4.99 Å². The van der Waals surface area contributed by atoms with Gasteiger partial charge in [0.05, 0.1) is 12.6 Å². The van der Waals surface area contributed by atoms with E-state index in [1.165, 1.54) is 11.3 Å². The molecule has 0 fully saturated rings. The number of guanidine groups is 1. The number of benzene rings is 2. The Morgan fingerprint density at radius 3 is 2.70 bits per heavy atom. The lowest BCUT2D eigenvalue weighted by Crippen LogP contribution is -2.40. The van der Waals surface area contributed by atoms with Crippen molar-refractivity contribution < 1.29 is 5.11 Å². The van der Waals surface area contributed by atoms with E-state index in [0.717, 1.165) is 31.0 Å². The molecule has 0 radical (unpaired) electrons. The van der Waals surface area contributed by atoms with Crippen LogP contribution in [0.1, 0.15) is 24.2 Å². The van der Waals surface area contributed by atoms with Gasteiger partial charge in [-0.1, -0.05) is 48.5 Å². The third kappa shape index (κ3) is 3.54. The summed E-state index contributed by atoms with van der Waals surface area (Å²) in [6.45, 7) is 4.14. The highest BCUT2D eigenvalue weighted by Gasteiger charge is 2.22. The van der Waals surface area contributed by atoms with E-state index in [1.807, 2.05) is 30.3 Å². The van der Waals surface area contributed by atoms with Crippen LogP contribution in [0.2, 0.25) is 0 Å². The fourth-order valence-electron chi connectivity index (χ4n) is 2.91. The molecule has 3 rings (SSSR count). The van der Waals surface area contributed by atoms with E-state index >= 15 is 0 Å². The second-order valence-electron chi connectivity index (χ2n) is 5.65. The summed E-state index contributed by atoms with van der Waals surface area (Å²) in [6, 6.07) is 18.1. The highest BCUT2D eigenvalue weighted by molar-refractivity contribution is 5.97. The summed E-state index contributed by atoms with van der Waals surface area (Å²) in [5.74, 6) is 0.840. The minimum absolute atomic E-state index is 0.352. The van der Waals surface area contributed by atoms with Gasteiger partial charge in [-0.3, -0.25) is 0 Å². The molecule has 120 valence electrons. The van der Waals surface area contributed by atoms with E-state index in [9.17, 15) is 5.11 Å². The second kappa shape index (κ2) is 7.29. The first-order valence-electron chi connectivity index (χ1n) is 8.16.